The molecular formula is C19H18N4O3. The summed E-state index contributed by atoms with van der Waals surface area (Å²) in [4.78, 5) is 28.1. The van der Waals surface area contributed by atoms with Crippen molar-refractivity contribution in [2.24, 2.45) is 0 Å². The Balaban J connectivity index is 1.71. The van der Waals surface area contributed by atoms with Gasteiger partial charge < -0.3 is 10.1 Å². The van der Waals surface area contributed by atoms with Gasteiger partial charge in [-0.3, -0.25) is 14.6 Å². The molecule has 3 aromatic rings. The van der Waals surface area contributed by atoms with E-state index in [4.69, 9.17) is 4.74 Å². The van der Waals surface area contributed by atoms with Crippen molar-refractivity contribution in [3.8, 4) is 17.0 Å². The van der Waals surface area contributed by atoms with Gasteiger partial charge in [0.25, 0.3) is 5.56 Å². The number of hydrogen-bond donors (Lipinski definition) is 1. The smallest absolute Gasteiger partial charge is 0.267 e. The average molecular weight is 350 g/mol. The Bertz CT molecular complexity index is 937. The number of benzene rings is 1. The molecular weight excluding hydrogens is 332 g/mol. The van der Waals surface area contributed by atoms with E-state index in [2.05, 4.69) is 15.4 Å². The molecule has 0 saturated carbocycles. The van der Waals surface area contributed by atoms with Gasteiger partial charge in [-0.25, -0.2) is 4.68 Å². The molecule has 1 aromatic carbocycles. The summed E-state index contributed by atoms with van der Waals surface area (Å²) in [6.07, 6.45) is 3.34. The minimum atomic E-state index is -0.334. The number of nitrogens with zero attached hydrogens (tertiary/aromatic N) is 3. The highest BCUT2D eigenvalue weighted by molar-refractivity contribution is 5.75. The van der Waals surface area contributed by atoms with Crippen molar-refractivity contribution in [1.82, 2.24) is 20.1 Å². The van der Waals surface area contributed by atoms with Gasteiger partial charge >= 0.3 is 0 Å². The summed E-state index contributed by atoms with van der Waals surface area (Å²) in [5.74, 6) is 0.437. The van der Waals surface area contributed by atoms with Gasteiger partial charge in [0.2, 0.25) is 5.91 Å². The predicted molar refractivity (Wildman–Crippen MR) is 96.6 cm³/mol. The van der Waals surface area contributed by atoms with Crippen molar-refractivity contribution >= 4 is 5.91 Å². The molecule has 0 radical (unpaired) electrons. The molecule has 0 spiro atoms. The van der Waals surface area contributed by atoms with E-state index in [1.54, 1.807) is 31.6 Å². The minimum Gasteiger partial charge on any atom is -0.497 e. The number of aromatic nitrogens is 3. The Kier molecular flexibility index (Phi) is 5.38. The van der Waals surface area contributed by atoms with Crippen molar-refractivity contribution in [2.45, 2.75) is 13.1 Å². The Morgan fingerprint density at radius 3 is 2.65 bits per heavy atom. The molecule has 1 N–H and O–H groups in total. The Hall–Kier alpha value is -3.48. The molecule has 3 rings (SSSR count). The molecule has 26 heavy (non-hydrogen) atoms. The van der Waals surface area contributed by atoms with Crippen LogP contribution in [-0.2, 0) is 17.9 Å². The molecule has 0 aliphatic carbocycles. The lowest BCUT2D eigenvalue weighted by Crippen LogP contribution is -2.33. The van der Waals surface area contributed by atoms with Gasteiger partial charge in [-0.1, -0.05) is 6.07 Å². The quantitative estimate of drug-likeness (QED) is 0.730. The highest BCUT2D eigenvalue weighted by Crippen LogP contribution is 2.19. The zero-order chi connectivity index (χ0) is 18.4. The van der Waals surface area contributed by atoms with Crippen molar-refractivity contribution < 1.29 is 9.53 Å². The van der Waals surface area contributed by atoms with Crippen LogP contribution in [0.1, 0.15) is 5.56 Å². The lowest BCUT2D eigenvalue weighted by atomic mass is 10.1. The molecule has 2 heterocycles. The van der Waals surface area contributed by atoms with Gasteiger partial charge in [0.05, 0.1) is 12.8 Å². The maximum absolute atomic E-state index is 12.1. The number of pyridine rings is 1. The third-order valence-electron chi connectivity index (χ3n) is 3.76. The van der Waals surface area contributed by atoms with Gasteiger partial charge in [0, 0.05) is 30.6 Å². The molecule has 2 aromatic heterocycles. The molecule has 0 bridgehead atoms. The van der Waals surface area contributed by atoms with Crippen LogP contribution in [0.2, 0.25) is 0 Å². The summed E-state index contributed by atoms with van der Waals surface area (Å²) in [5.41, 5.74) is 1.98. The number of ether oxygens (including phenoxy) is 1. The number of carbonyl (C=O) groups is 1. The van der Waals surface area contributed by atoms with Crippen LogP contribution in [0.25, 0.3) is 11.3 Å². The summed E-state index contributed by atoms with van der Waals surface area (Å²) in [6.45, 7) is 0.197. The van der Waals surface area contributed by atoms with Crippen LogP contribution >= 0.6 is 0 Å². The van der Waals surface area contributed by atoms with Crippen molar-refractivity contribution in [2.75, 3.05) is 7.11 Å². The number of nitrogens with one attached hydrogen (secondary N) is 1. The van der Waals surface area contributed by atoms with Crippen LogP contribution in [0.4, 0.5) is 0 Å². The van der Waals surface area contributed by atoms with Crippen LogP contribution in [0, 0.1) is 0 Å². The fourth-order valence-electron chi connectivity index (χ4n) is 2.37. The number of carbonyl (C=O) groups excluding carboxylic acids is 1. The van der Waals surface area contributed by atoms with E-state index >= 15 is 0 Å². The fraction of sp³-hybridized carbons (Fsp3) is 0.158. The van der Waals surface area contributed by atoms with Gasteiger partial charge in [-0.15, -0.1) is 0 Å². The molecule has 0 aliphatic heterocycles. The van der Waals surface area contributed by atoms with E-state index in [9.17, 15) is 9.59 Å². The summed E-state index contributed by atoms with van der Waals surface area (Å²) < 4.78 is 6.28. The second-order valence-electron chi connectivity index (χ2n) is 5.58. The van der Waals surface area contributed by atoms with E-state index in [-0.39, 0.29) is 18.0 Å². The fourth-order valence-corrected chi connectivity index (χ4v) is 2.37. The first kappa shape index (κ1) is 17.3. The zero-order valence-electron chi connectivity index (χ0n) is 14.3. The van der Waals surface area contributed by atoms with Gasteiger partial charge in [0.1, 0.15) is 12.3 Å². The molecule has 0 aliphatic rings. The van der Waals surface area contributed by atoms with E-state index in [1.165, 1.54) is 6.07 Å². The average Bonchev–Trinajstić information content (AvgIpc) is 2.69. The second-order valence-corrected chi connectivity index (χ2v) is 5.58. The lowest BCUT2D eigenvalue weighted by Gasteiger charge is -2.08. The van der Waals surface area contributed by atoms with E-state index in [0.717, 1.165) is 21.6 Å². The van der Waals surface area contributed by atoms with Crippen molar-refractivity contribution in [3.05, 3.63) is 76.8 Å². The van der Waals surface area contributed by atoms with Gasteiger partial charge in [0.15, 0.2) is 0 Å². The number of amides is 1. The predicted octanol–water partition coefficient (Wildman–Crippen LogP) is 1.63. The van der Waals surface area contributed by atoms with Crippen LogP contribution < -0.4 is 15.6 Å². The molecule has 7 heteroatoms. The molecule has 7 nitrogen and oxygen atoms in total. The maximum atomic E-state index is 12.1. The molecule has 0 atom stereocenters. The first-order chi connectivity index (χ1) is 12.7. The molecule has 0 fully saturated rings. The highest BCUT2D eigenvalue weighted by atomic mass is 16.5. The normalized spacial score (nSPS) is 10.3. The van der Waals surface area contributed by atoms with Crippen molar-refractivity contribution in [3.63, 3.8) is 0 Å². The van der Waals surface area contributed by atoms with Crippen molar-refractivity contribution in [1.29, 1.82) is 0 Å². The van der Waals surface area contributed by atoms with Gasteiger partial charge in [-0.05, 0) is 42.0 Å². The summed E-state index contributed by atoms with van der Waals surface area (Å²) in [7, 11) is 1.59. The first-order valence-corrected chi connectivity index (χ1v) is 8.04. The van der Waals surface area contributed by atoms with E-state index in [0.29, 0.717) is 12.2 Å². The largest absolute Gasteiger partial charge is 0.497 e. The van der Waals surface area contributed by atoms with Crippen LogP contribution in [0.3, 0.4) is 0 Å². The Morgan fingerprint density at radius 1 is 1.15 bits per heavy atom. The topological polar surface area (TPSA) is 86.1 Å². The van der Waals surface area contributed by atoms with Crippen LogP contribution in [-0.4, -0.2) is 27.8 Å². The van der Waals surface area contributed by atoms with E-state index < -0.39 is 0 Å². The third kappa shape index (κ3) is 4.32. The summed E-state index contributed by atoms with van der Waals surface area (Å²) in [5, 5.41) is 7.04. The Labute approximate surface area is 150 Å². The van der Waals surface area contributed by atoms with Crippen LogP contribution in [0.5, 0.6) is 5.75 Å². The Morgan fingerprint density at radius 2 is 1.96 bits per heavy atom. The first-order valence-electron chi connectivity index (χ1n) is 8.04. The monoisotopic (exact) mass is 350 g/mol. The molecule has 0 saturated heterocycles. The lowest BCUT2D eigenvalue weighted by molar-refractivity contribution is -0.122. The number of hydrogen-bond acceptors (Lipinski definition) is 5. The minimum absolute atomic E-state index is 0.150. The highest BCUT2D eigenvalue weighted by Gasteiger charge is 2.08. The number of methoxy groups -OCH3 is 1. The molecule has 132 valence electrons. The standard InChI is InChI=1S/C19H18N4O3/c1-26-16-6-4-15(5-7-16)17-8-9-19(25)23(22-17)13-18(24)21-12-14-3-2-10-20-11-14/h2-11H,12-13H2,1H3,(H,21,24). The second kappa shape index (κ2) is 8.06. The number of rotatable bonds is 6. The summed E-state index contributed by atoms with van der Waals surface area (Å²) >= 11 is 0. The summed E-state index contributed by atoms with van der Waals surface area (Å²) in [6, 6.07) is 14.0. The van der Waals surface area contributed by atoms with E-state index in [1.807, 2.05) is 30.3 Å². The van der Waals surface area contributed by atoms with Gasteiger partial charge in [-0.2, -0.15) is 5.10 Å². The SMILES string of the molecule is COc1ccc(-c2ccc(=O)n(CC(=O)NCc3cccnc3)n2)cc1. The van der Waals surface area contributed by atoms with Crippen LogP contribution in [0.15, 0.2) is 65.7 Å². The zero-order valence-corrected chi connectivity index (χ0v) is 14.3. The molecule has 1 amide bonds. The third-order valence-corrected chi connectivity index (χ3v) is 3.76. The molecule has 0 unspecified atom stereocenters. The maximum Gasteiger partial charge on any atom is 0.267 e.